The third-order valence-corrected chi connectivity index (χ3v) is 2.79. The summed E-state index contributed by atoms with van der Waals surface area (Å²) in [5, 5.41) is 9.57. The quantitative estimate of drug-likeness (QED) is 0.854. The number of carbonyl (C=O) groups excluding carboxylic acids is 1. The molecular formula is C12H14O2S. The molecular weight excluding hydrogens is 208 g/mol. The number of aromatic hydroxyl groups is 1. The molecule has 0 saturated heterocycles. The van der Waals surface area contributed by atoms with Crippen molar-refractivity contribution >= 4 is 23.0 Å². The van der Waals surface area contributed by atoms with Gasteiger partial charge in [-0.25, -0.2) is 0 Å². The van der Waals surface area contributed by atoms with Crippen LogP contribution in [-0.2, 0) is 4.79 Å². The monoisotopic (exact) mass is 222 g/mol. The molecule has 0 fully saturated rings. The summed E-state index contributed by atoms with van der Waals surface area (Å²) in [6.07, 6.45) is 3.85. The molecule has 2 nitrogen and oxygen atoms in total. The lowest BCUT2D eigenvalue weighted by Gasteiger charge is -2.01. The molecule has 0 aliphatic heterocycles. The molecule has 0 aliphatic rings. The summed E-state index contributed by atoms with van der Waals surface area (Å²) in [4.78, 5) is 10.7. The fourth-order valence-electron chi connectivity index (χ4n) is 1.16. The zero-order chi connectivity index (χ0) is 11.3. The number of phenols is 1. The molecule has 1 rings (SSSR count). The van der Waals surface area contributed by atoms with E-state index < -0.39 is 0 Å². The van der Waals surface area contributed by atoms with Gasteiger partial charge in [0, 0.05) is 12.7 Å². The number of thioether (sulfide) groups is 1. The molecule has 0 spiro atoms. The Balaban J connectivity index is 2.64. The molecule has 0 atom stereocenters. The Morgan fingerprint density at radius 2 is 2.27 bits per heavy atom. The number of hydrogen-bond donors (Lipinski definition) is 1. The van der Waals surface area contributed by atoms with Gasteiger partial charge in [-0.15, -0.1) is 0 Å². The Bertz CT molecular complexity index is 383. The minimum atomic E-state index is 0.118. The second-order valence-electron chi connectivity index (χ2n) is 3.20. The van der Waals surface area contributed by atoms with E-state index >= 15 is 0 Å². The molecule has 1 aromatic carbocycles. The van der Waals surface area contributed by atoms with Crippen molar-refractivity contribution < 1.29 is 9.90 Å². The molecule has 15 heavy (non-hydrogen) atoms. The first-order chi connectivity index (χ1) is 7.11. The third-order valence-electron chi connectivity index (χ3n) is 2.03. The molecule has 0 radical (unpaired) electrons. The fraction of sp³-hybridized carbons (Fsp3) is 0.250. The molecule has 1 N–H and O–H groups in total. The normalized spacial score (nSPS) is 10.8. The van der Waals surface area contributed by atoms with Crippen molar-refractivity contribution in [2.24, 2.45) is 0 Å². The first kappa shape index (κ1) is 11.9. The lowest BCUT2D eigenvalue weighted by Crippen LogP contribution is -1.83. The van der Waals surface area contributed by atoms with Crippen molar-refractivity contribution in [2.45, 2.75) is 13.8 Å². The van der Waals surface area contributed by atoms with E-state index in [1.165, 1.54) is 11.8 Å². The summed E-state index contributed by atoms with van der Waals surface area (Å²) in [5.41, 5.74) is 1.85. The highest BCUT2D eigenvalue weighted by Gasteiger charge is 1.98. The highest BCUT2D eigenvalue weighted by molar-refractivity contribution is 8.13. The van der Waals surface area contributed by atoms with Crippen LogP contribution in [0.5, 0.6) is 5.75 Å². The van der Waals surface area contributed by atoms with Crippen LogP contribution in [0.2, 0.25) is 0 Å². The van der Waals surface area contributed by atoms with Crippen molar-refractivity contribution in [1.29, 1.82) is 0 Å². The van der Waals surface area contributed by atoms with E-state index in [2.05, 4.69) is 0 Å². The summed E-state index contributed by atoms with van der Waals surface area (Å²) in [5.74, 6) is 0.973. The Kier molecular flexibility index (Phi) is 4.43. The number of phenolic OH excluding ortho intramolecular Hbond substituents is 1. The van der Waals surface area contributed by atoms with E-state index in [0.29, 0.717) is 11.5 Å². The molecule has 0 heterocycles. The molecule has 0 saturated carbocycles. The van der Waals surface area contributed by atoms with Crippen molar-refractivity contribution in [3.05, 3.63) is 35.4 Å². The Hall–Kier alpha value is -1.22. The van der Waals surface area contributed by atoms with Gasteiger partial charge >= 0.3 is 0 Å². The summed E-state index contributed by atoms with van der Waals surface area (Å²) in [7, 11) is 0. The van der Waals surface area contributed by atoms with Crippen LogP contribution in [-0.4, -0.2) is 16.0 Å². The summed E-state index contributed by atoms with van der Waals surface area (Å²) in [6.45, 7) is 3.42. The van der Waals surface area contributed by atoms with Crippen molar-refractivity contribution in [2.75, 3.05) is 5.75 Å². The molecule has 3 heteroatoms. The van der Waals surface area contributed by atoms with Crippen LogP contribution in [0.3, 0.4) is 0 Å². The van der Waals surface area contributed by atoms with Crippen LogP contribution >= 0.6 is 11.8 Å². The lowest BCUT2D eigenvalue weighted by molar-refractivity contribution is -0.109. The zero-order valence-corrected chi connectivity index (χ0v) is 9.67. The Labute approximate surface area is 94.0 Å². The van der Waals surface area contributed by atoms with Crippen LogP contribution in [0.15, 0.2) is 24.3 Å². The largest absolute Gasteiger partial charge is 0.508 e. The van der Waals surface area contributed by atoms with Crippen molar-refractivity contribution in [3.8, 4) is 5.75 Å². The molecule has 0 bridgehead atoms. The number of hydrogen-bond acceptors (Lipinski definition) is 3. The van der Waals surface area contributed by atoms with Gasteiger partial charge in [0.25, 0.3) is 0 Å². The van der Waals surface area contributed by atoms with Gasteiger partial charge in [0.15, 0.2) is 5.12 Å². The van der Waals surface area contributed by atoms with Crippen LogP contribution in [0.1, 0.15) is 18.1 Å². The van der Waals surface area contributed by atoms with Gasteiger partial charge in [0.05, 0.1) is 0 Å². The minimum absolute atomic E-state index is 0.118. The topological polar surface area (TPSA) is 37.3 Å². The fourth-order valence-corrected chi connectivity index (χ4v) is 1.59. The maximum atomic E-state index is 10.7. The highest BCUT2D eigenvalue weighted by Crippen LogP contribution is 2.20. The van der Waals surface area contributed by atoms with Crippen LogP contribution in [0.25, 0.3) is 6.08 Å². The van der Waals surface area contributed by atoms with E-state index in [1.54, 1.807) is 19.1 Å². The second-order valence-corrected chi connectivity index (χ2v) is 4.39. The number of rotatable bonds is 3. The Morgan fingerprint density at radius 3 is 2.93 bits per heavy atom. The van der Waals surface area contributed by atoms with Gasteiger partial charge in [-0.2, -0.15) is 0 Å². The predicted octanol–water partition coefficient (Wildman–Crippen LogP) is 2.99. The second kappa shape index (κ2) is 5.61. The van der Waals surface area contributed by atoms with Gasteiger partial charge in [0.2, 0.25) is 0 Å². The van der Waals surface area contributed by atoms with Gasteiger partial charge in [-0.05, 0) is 24.1 Å². The molecule has 0 unspecified atom stereocenters. The number of carbonyl (C=O) groups is 1. The summed E-state index contributed by atoms with van der Waals surface area (Å²) < 4.78 is 0. The SMILES string of the molecule is CC(=O)SCC=Cc1cccc(O)c1C. The molecule has 0 amide bonds. The Morgan fingerprint density at radius 1 is 1.53 bits per heavy atom. The van der Waals surface area contributed by atoms with Gasteiger partial charge in [-0.3, -0.25) is 4.79 Å². The van der Waals surface area contributed by atoms with Gasteiger partial charge in [-0.1, -0.05) is 36.0 Å². The number of benzene rings is 1. The van der Waals surface area contributed by atoms with Crippen LogP contribution in [0, 0.1) is 6.92 Å². The van der Waals surface area contributed by atoms with Crippen molar-refractivity contribution in [3.63, 3.8) is 0 Å². The maximum Gasteiger partial charge on any atom is 0.186 e. The first-order valence-corrected chi connectivity index (χ1v) is 5.68. The minimum Gasteiger partial charge on any atom is -0.508 e. The first-order valence-electron chi connectivity index (χ1n) is 4.69. The van der Waals surface area contributed by atoms with Crippen LogP contribution in [0.4, 0.5) is 0 Å². The maximum absolute atomic E-state index is 10.7. The third kappa shape index (κ3) is 3.80. The smallest absolute Gasteiger partial charge is 0.186 e. The van der Waals surface area contributed by atoms with Crippen LogP contribution < -0.4 is 0 Å². The van der Waals surface area contributed by atoms with E-state index in [4.69, 9.17) is 0 Å². The van der Waals surface area contributed by atoms with E-state index in [-0.39, 0.29) is 5.12 Å². The average molecular weight is 222 g/mol. The van der Waals surface area contributed by atoms with Gasteiger partial charge < -0.3 is 5.11 Å². The lowest BCUT2D eigenvalue weighted by atomic mass is 10.1. The summed E-state index contributed by atoms with van der Waals surface area (Å²) >= 11 is 1.27. The van der Waals surface area contributed by atoms with E-state index in [0.717, 1.165) is 11.1 Å². The van der Waals surface area contributed by atoms with E-state index in [1.807, 2.05) is 25.1 Å². The summed E-state index contributed by atoms with van der Waals surface area (Å²) in [6, 6.07) is 5.40. The van der Waals surface area contributed by atoms with E-state index in [9.17, 15) is 9.90 Å². The van der Waals surface area contributed by atoms with Gasteiger partial charge in [0.1, 0.15) is 5.75 Å². The highest BCUT2D eigenvalue weighted by atomic mass is 32.2. The molecule has 1 aromatic rings. The molecule has 0 aromatic heterocycles. The molecule has 0 aliphatic carbocycles. The van der Waals surface area contributed by atoms with Crippen molar-refractivity contribution in [1.82, 2.24) is 0 Å². The molecule has 80 valence electrons. The average Bonchev–Trinajstić information content (AvgIpc) is 2.18. The zero-order valence-electron chi connectivity index (χ0n) is 8.86. The predicted molar refractivity (Wildman–Crippen MR) is 65.0 cm³/mol. The standard InChI is InChI=1S/C12H14O2S/c1-9-11(5-3-7-12(9)14)6-4-8-15-10(2)13/h3-7,14H,8H2,1-2H3.